The van der Waals surface area contributed by atoms with E-state index in [0.29, 0.717) is 48.9 Å². The molecular formula is C20H21FN2O3. The summed E-state index contributed by atoms with van der Waals surface area (Å²) in [6.45, 7) is 1.96. The van der Waals surface area contributed by atoms with Gasteiger partial charge < -0.3 is 20.1 Å². The Morgan fingerprint density at radius 2 is 1.85 bits per heavy atom. The normalized spacial score (nSPS) is 22.2. The highest BCUT2D eigenvalue weighted by Crippen LogP contribution is 2.33. The number of carbonyl (C=O) groups is 1. The average molecular weight is 356 g/mol. The van der Waals surface area contributed by atoms with E-state index in [4.69, 9.17) is 15.2 Å². The quantitative estimate of drug-likeness (QED) is 0.898. The fraction of sp³-hybridized carbons (Fsp3) is 0.350. The van der Waals surface area contributed by atoms with Crippen LogP contribution in [0.25, 0.3) is 0 Å². The van der Waals surface area contributed by atoms with E-state index in [-0.39, 0.29) is 23.7 Å². The third kappa shape index (κ3) is 3.12. The van der Waals surface area contributed by atoms with E-state index in [9.17, 15) is 9.18 Å². The van der Waals surface area contributed by atoms with Gasteiger partial charge in [-0.15, -0.1) is 0 Å². The lowest BCUT2D eigenvalue weighted by Crippen LogP contribution is -2.32. The Morgan fingerprint density at radius 3 is 2.65 bits per heavy atom. The zero-order chi connectivity index (χ0) is 18.1. The molecule has 0 radical (unpaired) electrons. The second-order valence-corrected chi connectivity index (χ2v) is 6.71. The number of likely N-dealkylation sites (tertiary alicyclic amines) is 1. The third-order valence-corrected chi connectivity index (χ3v) is 4.95. The SMILES string of the molecule is N[C@@H]1CN(C(=O)c2ccc3c(c2)OCCCO3)C[C@H]1c1ccccc1F. The van der Waals surface area contributed by atoms with Crippen molar-refractivity contribution in [2.45, 2.75) is 18.4 Å². The van der Waals surface area contributed by atoms with E-state index in [0.717, 1.165) is 6.42 Å². The molecule has 2 heterocycles. The minimum atomic E-state index is -0.295. The lowest BCUT2D eigenvalue weighted by molar-refractivity contribution is 0.0788. The Morgan fingerprint density at radius 1 is 1.08 bits per heavy atom. The molecule has 2 aliphatic rings. The number of ether oxygens (including phenoxy) is 2. The van der Waals surface area contributed by atoms with Gasteiger partial charge in [0.05, 0.1) is 13.2 Å². The fourth-order valence-corrected chi connectivity index (χ4v) is 3.58. The van der Waals surface area contributed by atoms with Gasteiger partial charge in [0.15, 0.2) is 11.5 Å². The second-order valence-electron chi connectivity index (χ2n) is 6.71. The molecule has 0 aliphatic carbocycles. The number of carbonyl (C=O) groups excluding carboxylic acids is 1. The Labute approximate surface area is 151 Å². The number of nitrogens with two attached hydrogens (primary N) is 1. The van der Waals surface area contributed by atoms with Gasteiger partial charge in [0.2, 0.25) is 0 Å². The number of halogens is 1. The Balaban J connectivity index is 1.54. The molecule has 0 saturated carbocycles. The zero-order valence-electron chi connectivity index (χ0n) is 14.4. The maximum Gasteiger partial charge on any atom is 0.254 e. The number of nitrogens with zero attached hydrogens (tertiary/aromatic N) is 1. The molecule has 5 nitrogen and oxygen atoms in total. The van der Waals surface area contributed by atoms with Crippen molar-refractivity contribution >= 4 is 5.91 Å². The first kappa shape index (κ1) is 16.8. The summed E-state index contributed by atoms with van der Waals surface area (Å²) in [4.78, 5) is 14.6. The second kappa shape index (κ2) is 6.96. The van der Waals surface area contributed by atoms with E-state index in [2.05, 4.69) is 0 Å². The van der Waals surface area contributed by atoms with Crippen LogP contribution in [0.3, 0.4) is 0 Å². The smallest absolute Gasteiger partial charge is 0.254 e. The number of fused-ring (bicyclic) bond motifs is 1. The van der Waals surface area contributed by atoms with Crippen LogP contribution >= 0.6 is 0 Å². The number of hydrogen-bond donors (Lipinski definition) is 1. The summed E-state index contributed by atoms with van der Waals surface area (Å²) in [5, 5.41) is 0. The van der Waals surface area contributed by atoms with Crippen LogP contribution in [0.1, 0.15) is 28.3 Å². The van der Waals surface area contributed by atoms with Gasteiger partial charge in [0.25, 0.3) is 5.91 Å². The van der Waals surface area contributed by atoms with Gasteiger partial charge in [-0.2, -0.15) is 0 Å². The Bertz CT molecular complexity index is 826. The van der Waals surface area contributed by atoms with Crippen LogP contribution in [0, 0.1) is 5.82 Å². The fourth-order valence-electron chi connectivity index (χ4n) is 3.58. The molecule has 2 aromatic carbocycles. The monoisotopic (exact) mass is 356 g/mol. The molecule has 1 fully saturated rings. The summed E-state index contributed by atoms with van der Waals surface area (Å²) >= 11 is 0. The lowest BCUT2D eigenvalue weighted by Gasteiger charge is -2.18. The highest BCUT2D eigenvalue weighted by Gasteiger charge is 2.35. The molecule has 2 atom stereocenters. The third-order valence-electron chi connectivity index (χ3n) is 4.95. The van der Waals surface area contributed by atoms with Gasteiger partial charge >= 0.3 is 0 Å². The van der Waals surface area contributed by atoms with Crippen LogP contribution in [0.5, 0.6) is 11.5 Å². The molecule has 136 valence electrons. The van der Waals surface area contributed by atoms with Crippen molar-refractivity contribution in [1.82, 2.24) is 4.90 Å². The molecule has 0 aromatic heterocycles. The van der Waals surface area contributed by atoms with Crippen LogP contribution < -0.4 is 15.2 Å². The molecule has 0 spiro atoms. The molecule has 1 saturated heterocycles. The highest BCUT2D eigenvalue weighted by molar-refractivity contribution is 5.95. The zero-order valence-corrected chi connectivity index (χ0v) is 14.4. The highest BCUT2D eigenvalue weighted by atomic mass is 19.1. The predicted octanol–water partition coefficient (Wildman–Crippen LogP) is 2.55. The molecule has 4 rings (SSSR count). The van der Waals surface area contributed by atoms with Crippen LogP contribution in [0.15, 0.2) is 42.5 Å². The molecule has 0 unspecified atom stereocenters. The van der Waals surface area contributed by atoms with Crippen LogP contribution in [-0.4, -0.2) is 43.2 Å². The summed E-state index contributed by atoms with van der Waals surface area (Å²) < 4.78 is 25.4. The molecular weight excluding hydrogens is 335 g/mol. The average Bonchev–Trinajstić information content (AvgIpc) is 2.88. The summed E-state index contributed by atoms with van der Waals surface area (Å²) in [6, 6.07) is 11.5. The van der Waals surface area contributed by atoms with E-state index in [1.807, 2.05) is 0 Å². The minimum absolute atomic E-state index is 0.130. The van der Waals surface area contributed by atoms with Crippen molar-refractivity contribution in [3.8, 4) is 11.5 Å². The van der Waals surface area contributed by atoms with Gasteiger partial charge in [-0.05, 0) is 29.8 Å². The van der Waals surface area contributed by atoms with Gasteiger partial charge in [0, 0.05) is 37.0 Å². The van der Waals surface area contributed by atoms with Crippen molar-refractivity contribution in [3.05, 3.63) is 59.4 Å². The molecule has 2 aromatic rings. The van der Waals surface area contributed by atoms with E-state index in [1.165, 1.54) is 6.07 Å². The minimum Gasteiger partial charge on any atom is -0.490 e. The number of rotatable bonds is 2. The van der Waals surface area contributed by atoms with Crippen molar-refractivity contribution in [1.29, 1.82) is 0 Å². The standard InChI is InChI=1S/C20H21FN2O3/c21-16-5-2-1-4-14(16)15-11-23(12-17(15)22)20(24)13-6-7-18-19(10-13)26-9-3-8-25-18/h1-2,4-7,10,15,17H,3,8-9,11-12,22H2/t15-,17+/m0/s1. The molecule has 6 heteroatoms. The maximum absolute atomic E-state index is 14.1. The number of hydrogen-bond acceptors (Lipinski definition) is 4. The van der Waals surface area contributed by atoms with Gasteiger partial charge in [-0.1, -0.05) is 18.2 Å². The topological polar surface area (TPSA) is 64.8 Å². The number of amides is 1. The van der Waals surface area contributed by atoms with E-state index in [1.54, 1.807) is 41.3 Å². The first-order chi connectivity index (χ1) is 12.6. The molecule has 0 bridgehead atoms. The molecule has 2 N–H and O–H groups in total. The van der Waals surface area contributed by atoms with E-state index >= 15 is 0 Å². The van der Waals surface area contributed by atoms with E-state index < -0.39 is 0 Å². The summed E-state index contributed by atoms with van der Waals surface area (Å²) in [7, 11) is 0. The van der Waals surface area contributed by atoms with Gasteiger partial charge in [0.1, 0.15) is 5.82 Å². The number of benzene rings is 2. The predicted molar refractivity (Wildman–Crippen MR) is 95.1 cm³/mol. The van der Waals surface area contributed by atoms with Crippen LogP contribution in [0.2, 0.25) is 0 Å². The maximum atomic E-state index is 14.1. The lowest BCUT2D eigenvalue weighted by atomic mass is 9.94. The molecule has 1 amide bonds. The summed E-state index contributed by atoms with van der Waals surface area (Å²) in [6.07, 6.45) is 0.809. The van der Waals surface area contributed by atoms with Crippen molar-refractivity contribution < 1.29 is 18.7 Å². The largest absolute Gasteiger partial charge is 0.490 e. The van der Waals surface area contributed by atoms with Crippen LogP contribution in [-0.2, 0) is 0 Å². The molecule has 2 aliphatic heterocycles. The van der Waals surface area contributed by atoms with Gasteiger partial charge in [-0.25, -0.2) is 4.39 Å². The first-order valence-electron chi connectivity index (χ1n) is 8.82. The van der Waals surface area contributed by atoms with Crippen molar-refractivity contribution in [2.24, 2.45) is 5.73 Å². The molecule has 26 heavy (non-hydrogen) atoms. The summed E-state index contributed by atoms with van der Waals surface area (Å²) in [5.41, 5.74) is 7.30. The van der Waals surface area contributed by atoms with Crippen LogP contribution in [0.4, 0.5) is 4.39 Å². The van der Waals surface area contributed by atoms with Crippen molar-refractivity contribution in [2.75, 3.05) is 26.3 Å². The first-order valence-corrected chi connectivity index (χ1v) is 8.82. The Kier molecular flexibility index (Phi) is 4.51. The Hall–Kier alpha value is -2.60. The summed E-state index contributed by atoms with van der Waals surface area (Å²) in [5.74, 6) is 0.622. The van der Waals surface area contributed by atoms with Gasteiger partial charge in [-0.3, -0.25) is 4.79 Å². The van der Waals surface area contributed by atoms with Crippen molar-refractivity contribution in [3.63, 3.8) is 0 Å².